The molecule has 1 amide bonds. The maximum Gasteiger partial charge on any atom is 0.237 e. The highest BCUT2D eigenvalue weighted by atomic mass is 16.4. The standard InChI is InChI=1S/C10H15N3O2/c1-7-5-12-9(15-7)6-13-10(14)8-3-2-4-11-8/h5,8,11H,2-4,6H2,1H3,(H,13,14)/t8-/m1/s1. The third-order valence-corrected chi connectivity index (χ3v) is 2.46. The van der Waals surface area contributed by atoms with Crippen LogP contribution in [0.4, 0.5) is 0 Å². The van der Waals surface area contributed by atoms with Crippen LogP contribution < -0.4 is 10.6 Å². The third-order valence-electron chi connectivity index (χ3n) is 2.46. The highest BCUT2D eigenvalue weighted by Gasteiger charge is 2.21. The first-order valence-corrected chi connectivity index (χ1v) is 5.18. The first-order valence-electron chi connectivity index (χ1n) is 5.18. The van der Waals surface area contributed by atoms with Crippen LogP contribution in [0.25, 0.3) is 0 Å². The van der Waals surface area contributed by atoms with Crippen molar-refractivity contribution in [2.45, 2.75) is 32.4 Å². The van der Waals surface area contributed by atoms with Crippen LogP contribution in [0.5, 0.6) is 0 Å². The topological polar surface area (TPSA) is 67.2 Å². The zero-order valence-electron chi connectivity index (χ0n) is 8.75. The van der Waals surface area contributed by atoms with Gasteiger partial charge >= 0.3 is 0 Å². The smallest absolute Gasteiger partial charge is 0.237 e. The van der Waals surface area contributed by atoms with Crippen LogP contribution in [0.2, 0.25) is 0 Å². The van der Waals surface area contributed by atoms with E-state index in [-0.39, 0.29) is 11.9 Å². The maximum atomic E-state index is 11.6. The SMILES string of the molecule is Cc1cnc(CNC(=O)[C@H]2CCCN2)o1. The molecule has 2 N–H and O–H groups in total. The second-order valence-electron chi connectivity index (χ2n) is 3.73. The molecule has 2 rings (SSSR count). The Morgan fingerprint density at radius 3 is 3.27 bits per heavy atom. The molecule has 1 saturated heterocycles. The summed E-state index contributed by atoms with van der Waals surface area (Å²) in [6.45, 7) is 3.12. The minimum atomic E-state index is -0.0407. The summed E-state index contributed by atoms with van der Waals surface area (Å²) in [4.78, 5) is 15.6. The average molecular weight is 209 g/mol. The summed E-state index contributed by atoms with van der Waals surface area (Å²) in [5.41, 5.74) is 0. The number of amides is 1. The summed E-state index contributed by atoms with van der Waals surface area (Å²) in [5, 5.41) is 5.93. The van der Waals surface area contributed by atoms with E-state index in [0.717, 1.165) is 25.1 Å². The number of nitrogens with zero attached hydrogens (tertiary/aromatic N) is 1. The Hall–Kier alpha value is -1.36. The first kappa shape index (κ1) is 10.2. The molecule has 1 aliphatic heterocycles. The number of nitrogens with one attached hydrogen (secondary N) is 2. The highest BCUT2D eigenvalue weighted by molar-refractivity contribution is 5.81. The molecule has 2 heterocycles. The lowest BCUT2D eigenvalue weighted by Gasteiger charge is -2.09. The van der Waals surface area contributed by atoms with E-state index in [1.807, 2.05) is 6.92 Å². The van der Waals surface area contributed by atoms with Gasteiger partial charge in [0.05, 0.1) is 18.8 Å². The van der Waals surface area contributed by atoms with E-state index in [9.17, 15) is 4.79 Å². The van der Waals surface area contributed by atoms with E-state index < -0.39 is 0 Å². The molecule has 0 aromatic carbocycles. The number of aryl methyl sites for hydroxylation is 1. The van der Waals surface area contributed by atoms with Crippen molar-refractivity contribution in [1.29, 1.82) is 0 Å². The lowest BCUT2D eigenvalue weighted by molar-refractivity contribution is -0.123. The van der Waals surface area contributed by atoms with E-state index in [1.165, 1.54) is 0 Å². The van der Waals surface area contributed by atoms with Crippen molar-refractivity contribution in [2.24, 2.45) is 0 Å². The lowest BCUT2D eigenvalue weighted by atomic mass is 10.2. The fourth-order valence-corrected chi connectivity index (χ4v) is 1.68. The summed E-state index contributed by atoms with van der Waals surface area (Å²) in [5.74, 6) is 1.35. The van der Waals surface area contributed by atoms with Gasteiger partial charge < -0.3 is 15.1 Å². The summed E-state index contributed by atoms with van der Waals surface area (Å²) in [7, 11) is 0. The highest BCUT2D eigenvalue weighted by Crippen LogP contribution is 2.05. The minimum absolute atomic E-state index is 0.0309. The molecule has 1 aliphatic rings. The molecule has 5 nitrogen and oxygen atoms in total. The van der Waals surface area contributed by atoms with Crippen LogP contribution in [0.3, 0.4) is 0 Å². The van der Waals surface area contributed by atoms with Crippen LogP contribution in [-0.4, -0.2) is 23.5 Å². The lowest BCUT2D eigenvalue weighted by Crippen LogP contribution is -2.40. The van der Waals surface area contributed by atoms with Gasteiger partial charge in [0.25, 0.3) is 0 Å². The number of hydrogen-bond acceptors (Lipinski definition) is 4. The molecular formula is C10H15N3O2. The Kier molecular flexibility index (Phi) is 3.01. The molecule has 0 bridgehead atoms. The van der Waals surface area contributed by atoms with Gasteiger partial charge in [0.1, 0.15) is 5.76 Å². The van der Waals surface area contributed by atoms with Crippen molar-refractivity contribution < 1.29 is 9.21 Å². The number of carbonyl (C=O) groups excluding carboxylic acids is 1. The Morgan fingerprint density at radius 1 is 1.80 bits per heavy atom. The number of carbonyl (C=O) groups is 1. The summed E-state index contributed by atoms with van der Waals surface area (Å²) in [6, 6.07) is -0.0407. The van der Waals surface area contributed by atoms with Crippen LogP contribution in [0.1, 0.15) is 24.5 Å². The fourth-order valence-electron chi connectivity index (χ4n) is 1.68. The second kappa shape index (κ2) is 4.44. The first-order chi connectivity index (χ1) is 7.25. The summed E-state index contributed by atoms with van der Waals surface area (Å²) < 4.78 is 5.25. The van der Waals surface area contributed by atoms with E-state index in [4.69, 9.17) is 4.42 Å². The summed E-state index contributed by atoms with van der Waals surface area (Å²) in [6.07, 6.45) is 3.63. The number of hydrogen-bond donors (Lipinski definition) is 2. The molecule has 82 valence electrons. The quantitative estimate of drug-likeness (QED) is 0.754. The molecule has 15 heavy (non-hydrogen) atoms. The molecule has 0 saturated carbocycles. The molecule has 0 aliphatic carbocycles. The van der Waals surface area contributed by atoms with Gasteiger partial charge in [0.15, 0.2) is 0 Å². The van der Waals surface area contributed by atoms with E-state index >= 15 is 0 Å². The molecule has 1 atom stereocenters. The van der Waals surface area contributed by atoms with Crippen molar-refractivity contribution in [1.82, 2.24) is 15.6 Å². The van der Waals surface area contributed by atoms with Crippen molar-refractivity contribution in [3.8, 4) is 0 Å². The van der Waals surface area contributed by atoms with Crippen molar-refractivity contribution in [3.63, 3.8) is 0 Å². The molecule has 5 heteroatoms. The van der Waals surface area contributed by atoms with Crippen molar-refractivity contribution in [2.75, 3.05) is 6.54 Å². The Labute approximate surface area is 88.3 Å². The van der Waals surface area contributed by atoms with Crippen LogP contribution >= 0.6 is 0 Å². The van der Waals surface area contributed by atoms with Crippen LogP contribution in [0.15, 0.2) is 10.6 Å². The predicted octanol–water partition coefficient (Wildman–Crippen LogP) is 0.351. The van der Waals surface area contributed by atoms with Gasteiger partial charge in [-0.15, -0.1) is 0 Å². The molecular weight excluding hydrogens is 194 g/mol. The van der Waals surface area contributed by atoms with Gasteiger partial charge in [0.2, 0.25) is 11.8 Å². The minimum Gasteiger partial charge on any atom is -0.444 e. The van der Waals surface area contributed by atoms with E-state index in [0.29, 0.717) is 12.4 Å². The Bertz CT molecular complexity index is 342. The average Bonchev–Trinajstić information content (AvgIpc) is 2.84. The van der Waals surface area contributed by atoms with E-state index in [2.05, 4.69) is 15.6 Å². The Morgan fingerprint density at radius 2 is 2.67 bits per heavy atom. The molecule has 1 aromatic heterocycles. The second-order valence-corrected chi connectivity index (χ2v) is 3.73. The van der Waals surface area contributed by atoms with Gasteiger partial charge in [-0.3, -0.25) is 4.79 Å². The largest absolute Gasteiger partial charge is 0.444 e. The third kappa shape index (κ3) is 2.56. The van der Waals surface area contributed by atoms with Gasteiger partial charge in [-0.1, -0.05) is 0 Å². The molecule has 1 fully saturated rings. The molecule has 1 aromatic rings. The monoisotopic (exact) mass is 209 g/mol. The zero-order chi connectivity index (χ0) is 10.7. The van der Waals surface area contributed by atoms with Gasteiger partial charge in [-0.25, -0.2) is 4.98 Å². The van der Waals surface area contributed by atoms with E-state index in [1.54, 1.807) is 6.20 Å². The van der Waals surface area contributed by atoms with Crippen LogP contribution in [0, 0.1) is 6.92 Å². The maximum absolute atomic E-state index is 11.6. The number of aromatic nitrogens is 1. The molecule has 0 radical (unpaired) electrons. The normalized spacial score (nSPS) is 20.5. The predicted molar refractivity (Wildman–Crippen MR) is 54.1 cm³/mol. The molecule has 0 spiro atoms. The molecule has 0 unspecified atom stereocenters. The zero-order valence-corrected chi connectivity index (χ0v) is 8.75. The Balaban J connectivity index is 1.80. The number of rotatable bonds is 3. The van der Waals surface area contributed by atoms with Gasteiger partial charge in [-0.05, 0) is 26.3 Å². The van der Waals surface area contributed by atoms with Crippen molar-refractivity contribution in [3.05, 3.63) is 17.8 Å². The summed E-state index contributed by atoms with van der Waals surface area (Å²) >= 11 is 0. The number of oxazole rings is 1. The van der Waals surface area contributed by atoms with Crippen LogP contribution in [-0.2, 0) is 11.3 Å². The van der Waals surface area contributed by atoms with Gasteiger partial charge in [-0.2, -0.15) is 0 Å². The fraction of sp³-hybridized carbons (Fsp3) is 0.600. The van der Waals surface area contributed by atoms with Gasteiger partial charge in [0, 0.05) is 0 Å². The van der Waals surface area contributed by atoms with Crippen molar-refractivity contribution >= 4 is 5.91 Å².